The summed E-state index contributed by atoms with van der Waals surface area (Å²) in [5.41, 5.74) is 6.30. The van der Waals surface area contributed by atoms with E-state index < -0.39 is 10.0 Å². The SMILES string of the molecule is Cc1cccc(S(=O)(=O)NC(C)CCN)c1. The lowest BCUT2D eigenvalue weighted by Crippen LogP contribution is -2.34. The molecule has 16 heavy (non-hydrogen) atoms. The van der Waals surface area contributed by atoms with Gasteiger partial charge in [-0.3, -0.25) is 0 Å². The van der Waals surface area contributed by atoms with E-state index in [1.54, 1.807) is 25.1 Å². The predicted molar refractivity (Wildman–Crippen MR) is 64.6 cm³/mol. The van der Waals surface area contributed by atoms with Crippen molar-refractivity contribution in [2.24, 2.45) is 5.73 Å². The average molecular weight is 242 g/mol. The van der Waals surface area contributed by atoms with Crippen LogP contribution in [0.15, 0.2) is 29.2 Å². The molecule has 4 nitrogen and oxygen atoms in total. The fraction of sp³-hybridized carbons (Fsp3) is 0.455. The number of nitrogens with two attached hydrogens (primary N) is 1. The number of benzene rings is 1. The molecular formula is C11H18N2O2S. The molecule has 0 aliphatic carbocycles. The molecule has 0 radical (unpaired) electrons. The molecule has 0 aliphatic heterocycles. The van der Waals surface area contributed by atoms with Crippen molar-refractivity contribution in [2.45, 2.75) is 31.2 Å². The Morgan fingerprint density at radius 2 is 2.12 bits per heavy atom. The highest BCUT2D eigenvalue weighted by Gasteiger charge is 2.16. The van der Waals surface area contributed by atoms with Gasteiger partial charge in [-0.1, -0.05) is 12.1 Å². The molecule has 1 aromatic carbocycles. The maximum atomic E-state index is 11.9. The zero-order chi connectivity index (χ0) is 12.2. The molecular weight excluding hydrogens is 224 g/mol. The molecule has 1 rings (SSSR count). The zero-order valence-corrected chi connectivity index (χ0v) is 10.4. The van der Waals surface area contributed by atoms with Gasteiger partial charge < -0.3 is 5.73 Å². The minimum Gasteiger partial charge on any atom is -0.330 e. The Morgan fingerprint density at radius 3 is 2.69 bits per heavy atom. The summed E-state index contributed by atoms with van der Waals surface area (Å²) in [6.07, 6.45) is 0.630. The van der Waals surface area contributed by atoms with E-state index in [0.717, 1.165) is 5.56 Å². The highest BCUT2D eigenvalue weighted by molar-refractivity contribution is 7.89. The Bertz CT molecular complexity index is 443. The first kappa shape index (κ1) is 13.2. The van der Waals surface area contributed by atoms with E-state index in [4.69, 9.17) is 5.73 Å². The van der Waals surface area contributed by atoms with Gasteiger partial charge in [0.05, 0.1) is 4.90 Å². The van der Waals surface area contributed by atoms with Gasteiger partial charge in [0.1, 0.15) is 0 Å². The molecule has 0 bridgehead atoms. The topological polar surface area (TPSA) is 72.2 Å². The van der Waals surface area contributed by atoms with E-state index in [1.807, 2.05) is 13.0 Å². The van der Waals surface area contributed by atoms with Crippen molar-refractivity contribution in [3.8, 4) is 0 Å². The average Bonchev–Trinajstić information content (AvgIpc) is 2.17. The van der Waals surface area contributed by atoms with E-state index >= 15 is 0 Å². The first-order valence-electron chi connectivity index (χ1n) is 5.25. The lowest BCUT2D eigenvalue weighted by molar-refractivity contribution is 0.550. The lowest BCUT2D eigenvalue weighted by Gasteiger charge is -2.13. The first-order chi connectivity index (χ1) is 7.45. The quantitative estimate of drug-likeness (QED) is 0.809. The summed E-state index contributed by atoms with van der Waals surface area (Å²) < 4.78 is 26.4. The molecule has 0 saturated heterocycles. The van der Waals surface area contributed by atoms with Gasteiger partial charge in [-0.15, -0.1) is 0 Å². The Balaban J connectivity index is 2.86. The molecule has 0 aliphatic rings. The standard InChI is InChI=1S/C11H18N2O2S/c1-9-4-3-5-11(8-9)16(14,15)13-10(2)6-7-12/h3-5,8,10,13H,6-7,12H2,1-2H3. The van der Waals surface area contributed by atoms with Gasteiger partial charge in [0.25, 0.3) is 0 Å². The van der Waals surface area contributed by atoms with Crippen molar-refractivity contribution in [1.29, 1.82) is 0 Å². The molecule has 0 spiro atoms. The molecule has 5 heteroatoms. The summed E-state index contributed by atoms with van der Waals surface area (Å²) in [7, 11) is -3.41. The van der Waals surface area contributed by atoms with E-state index in [0.29, 0.717) is 17.9 Å². The van der Waals surface area contributed by atoms with E-state index in [1.165, 1.54) is 0 Å². The van der Waals surface area contributed by atoms with Gasteiger partial charge in [-0.05, 0) is 44.5 Å². The molecule has 0 aromatic heterocycles. The van der Waals surface area contributed by atoms with Crippen molar-refractivity contribution in [2.75, 3.05) is 6.54 Å². The van der Waals surface area contributed by atoms with E-state index in [9.17, 15) is 8.42 Å². The van der Waals surface area contributed by atoms with Gasteiger partial charge in [0.2, 0.25) is 10.0 Å². The van der Waals surface area contributed by atoms with Crippen molar-refractivity contribution in [1.82, 2.24) is 4.72 Å². The van der Waals surface area contributed by atoms with Gasteiger partial charge in [0.15, 0.2) is 0 Å². The highest BCUT2D eigenvalue weighted by Crippen LogP contribution is 2.11. The lowest BCUT2D eigenvalue weighted by atomic mass is 10.2. The van der Waals surface area contributed by atoms with Crippen LogP contribution in [0.1, 0.15) is 18.9 Å². The zero-order valence-electron chi connectivity index (χ0n) is 9.60. The van der Waals surface area contributed by atoms with Crippen molar-refractivity contribution in [3.05, 3.63) is 29.8 Å². The monoisotopic (exact) mass is 242 g/mol. The van der Waals surface area contributed by atoms with Gasteiger partial charge in [-0.25, -0.2) is 13.1 Å². The Labute approximate surface area is 96.9 Å². The third-order valence-electron chi connectivity index (χ3n) is 2.26. The molecule has 1 aromatic rings. The Morgan fingerprint density at radius 1 is 1.44 bits per heavy atom. The van der Waals surface area contributed by atoms with Crippen LogP contribution in [0.25, 0.3) is 0 Å². The van der Waals surface area contributed by atoms with Crippen LogP contribution < -0.4 is 10.5 Å². The molecule has 1 atom stereocenters. The second kappa shape index (κ2) is 5.43. The molecule has 90 valence electrons. The molecule has 1 unspecified atom stereocenters. The number of sulfonamides is 1. The van der Waals surface area contributed by atoms with Gasteiger partial charge in [-0.2, -0.15) is 0 Å². The minimum absolute atomic E-state index is 0.143. The molecule has 0 amide bonds. The largest absolute Gasteiger partial charge is 0.330 e. The first-order valence-corrected chi connectivity index (χ1v) is 6.73. The highest BCUT2D eigenvalue weighted by atomic mass is 32.2. The van der Waals surface area contributed by atoms with Crippen molar-refractivity contribution >= 4 is 10.0 Å². The van der Waals surface area contributed by atoms with Crippen LogP contribution in [0.2, 0.25) is 0 Å². The molecule has 0 saturated carbocycles. The fourth-order valence-electron chi connectivity index (χ4n) is 1.42. The van der Waals surface area contributed by atoms with Crippen LogP contribution in [0.4, 0.5) is 0 Å². The van der Waals surface area contributed by atoms with Crippen LogP contribution in [-0.2, 0) is 10.0 Å². The number of hydrogen-bond donors (Lipinski definition) is 2. The fourth-order valence-corrected chi connectivity index (χ4v) is 2.81. The second-order valence-electron chi connectivity index (χ2n) is 3.92. The number of rotatable bonds is 5. The maximum Gasteiger partial charge on any atom is 0.240 e. The smallest absolute Gasteiger partial charge is 0.240 e. The normalized spacial score (nSPS) is 13.7. The van der Waals surface area contributed by atoms with Crippen molar-refractivity contribution < 1.29 is 8.42 Å². The molecule has 3 N–H and O–H groups in total. The van der Waals surface area contributed by atoms with E-state index in [-0.39, 0.29) is 6.04 Å². The Kier molecular flexibility index (Phi) is 4.46. The summed E-state index contributed by atoms with van der Waals surface area (Å²) in [5.74, 6) is 0. The molecule has 0 fully saturated rings. The van der Waals surface area contributed by atoms with Crippen LogP contribution >= 0.6 is 0 Å². The minimum atomic E-state index is -3.41. The summed E-state index contributed by atoms with van der Waals surface area (Å²) in [6.45, 7) is 4.14. The summed E-state index contributed by atoms with van der Waals surface area (Å²) in [6, 6.07) is 6.69. The van der Waals surface area contributed by atoms with Gasteiger partial charge in [0, 0.05) is 6.04 Å². The second-order valence-corrected chi connectivity index (χ2v) is 5.63. The van der Waals surface area contributed by atoms with Crippen LogP contribution in [0.5, 0.6) is 0 Å². The van der Waals surface area contributed by atoms with Crippen molar-refractivity contribution in [3.63, 3.8) is 0 Å². The third-order valence-corrected chi connectivity index (χ3v) is 3.84. The Hall–Kier alpha value is -0.910. The summed E-state index contributed by atoms with van der Waals surface area (Å²) in [4.78, 5) is 0.302. The molecule has 0 heterocycles. The number of nitrogens with one attached hydrogen (secondary N) is 1. The number of aryl methyl sites for hydroxylation is 1. The summed E-state index contributed by atoms with van der Waals surface area (Å²) >= 11 is 0. The van der Waals surface area contributed by atoms with Crippen LogP contribution in [-0.4, -0.2) is 21.0 Å². The van der Waals surface area contributed by atoms with E-state index in [2.05, 4.69) is 4.72 Å². The maximum absolute atomic E-state index is 11.9. The van der Waals surface area contributed by atoms with Gasteiger partial charge >= 0.3 is 0 Å². The summed E-state index contributed by atoms with van der Waals surface area (Å²) in [5, 5.41) is 0. The predicted octanol–water partition coefficient (Wildman–Crippen LogP) is 1.01. The third kappa shape index (κ3) is 3.59. The van der Waals surface area contributed by atoms with Crippen LogP contribution in [0, 0.1) is 6.92 Å². The van der Waals surface area contributed by atoms with Crippen LogP contribution in [0.3, 0.4) is 0 Å². The number of hydrogen-bond acceptors (Lipinski definition) is 3.